The predicted molar refractivity (Wildman–Crippen MR) is 86.6 cm³/mol. The molecule has 0 fully saturated rings. The van der Waals surface area contributed by atoms with Crippen LogP contribution >= 0.6 is 22.9 Å². The van der Waals surface area contributed by atoms with E-state index in [0.29, 0.717) is 9.27 Å². The van der Waals surface area contributed by atoms with Gasteiger partial charge in [0.1, 0.15) is 4.90 Å². The van der Waals surface area contributed by atoms with Gasteiger partial charge in [-0.25, -0.2) is 8.42 Å². The van der Waals surface area contributed by atoms with Crippen molar-refractivity contribution in [1.82, 2.24) is 9.04 Å². The number of thiazole rings is 1. The number of hydrogen-bond donors (Lipinski definition) is 0. The summed E-state index contributed by atoms with van der Waals surface area (Å²) in [6.45, 7) is 0. The Morgan fingerprint density at radius 3 is 2.70 bits per heavy atom. The third-order valence-corrected chi connectivity index (χ3v) is 6.02. The van der Waals surface area contributed by atoms with Crippen molar-refractivity contribution in [3.63, 3.8) is 0 Å². The Labute approximate surface area is 142 Å². The van der Waals surface area contributed by atoms with Crippen molar-refractivity contribution in [3.8, 4) is 0 Å². The maximum Gasteiger partial charge on any atom is 0.279 e. The van der Waals surface area contributed by atoms with E-state index in [1.54, 1.807) is 23.2 Å². The van der Waals surface area contributed by atoms with Crippen LogP contribution in [0.3, 0.4) is 0 Å². The minimum atomic E-state index is -3.96. The van der Waals surface area contributed by atoms with E-state index < -0.39 is 15.9 Å². The van der Waals surface area contributed by atoms with Crippen molar-refractivity contribution < 1.29 is 18.0 Å². The van der Waals surface area contributed by atoms with E-state index in [2.05, 4.69) is 4.99 Å². The zero-order valence-electron chi connectivity index (χ0n) is 12.6. The van der Waals surface area contributed by atoms with Crippen LogP contribution in [0.15, 0.2) is 39.7 Å². The van der Waals surface area contributed by atoms with Crippen molar-refractivity contribution in [3.05, 3.63) is 45.2 Å². The van der Waals surface area contributed by atoms with Gasteiger partial charge in [0, 0.05) is 31.2 Å². The summed E-state index contributed by atoms with van der Waals surface area (Å²) in [6.07, 6.45) is 1.77. The van der Waals surface area contributed by atoms with Crippen molar-refractivity contribution >= 4 is 38.9 Å². The van der Waals surface area contributed by atoms with Crippen LogP contribution in [0.4, 0.5) is 0 Å². The van der Waals surface area contributed by atoms with E-state index in [1.807, 2.05) is 0 Å². The summed E-state index contributed by atoms with van der Waals surface area (Å²) in [5.74, 6) is -0.559. The third kappa shape index (κ3) is 3.70. The molecule has 0 N–H and O–H groups in total. The number of rotatable bonds is 4. The lowest BCUT2D eigenvalue weighted by Gasteiger charge is -2.15. The van der Waals surface area contributed by atoms with Crippen LogP contribution in [-0.2, 0) is 21.9 Å². The highest BCUT2D eigenvalue weighted by Crippen LogP contribution is 2.25. The second-order valence-corrected chi connectivity index (χ2v) is 7.64. The molecule has 1 heterocycles. The molecule has 0 saturated carbocycles. The van der Waals surface area contributed by atoms with E-state index in [0.717, 1.165) is 0 Å². The quantitative estimate of drug-likeness (QED) is 0.761. The van der Waals surface area contributed by atoms with Crippen LogP contribution in [0, 0.1) is 0 Å². The smallest absolute Gasteiger partial charge is 0.279 e. The summed E-state index contributed by atoms with van der Waals surface area (Å²) in [5, 5.41) is 1.78. The lowest BCUT2D eigenvalue weighted by Crippen LogP contribution is -2.26. The van der Waals surface area contributed by atoms with E-state index in [9.17, 15) is 13.2 Å². The number of hydrogen-bond acceptors (Lipinski definition) is 5. The maximum absolute atomic E-state index is 12.3. The van der Waals surface area contributed by atoms with E-state index >= 15 is 0 Å². The zero-order valence-corrected chi connectivity index (χ0v) is 14.9. The standard InChI is InChI=1S/C13H14ClN3O4S2/c1-16-6-7-22-13(16)15-12(18)9-4-5-10(14)11(8-9)23(19,20)17(2)21-3/h4-8H,1-3H3. The third-order valence-electron chi connectivity index (χ3n) is 3.01. The topological polar surface area (TPSA) is 81.0 Å². The average Bonchev–Trinajstić information content (AvgIpc) is 2.91. The lowest BCUT2D eigenvalue weighted by atomic mass is 10.2. The number of carbonyl (C=O) groups is 1. The monoisotopic (exact) mass is 375 g/mol. The SMILES string of the molecule is CON(C)S(=O)(=O)c1cc(C(=O)N=c2sccn2C)ccc1Cl. The number of aryl methyl sites for hydroxylation is 1. The highest BCUT2D eigenvalue weighted by atomic mass is 35.5. The molecule has 7 nitrogen and oxygen atoms in total. The fourth-order valence-corrected chi connectivity index (χ4v) is 3.86. The molecule has 2 rings (SSSR count). The van der Waals surface area contributed by atoms with Gasteiger partial charge in [0.15, 0.2) is 4.80 Å². The molecule has 0 aliphatic heterocycles. The molecule has 1 aromatic heterocycles. The van der Waals surface area contributed by atoms with Crippen LogP contribution in [0.1, 0.15) is 10.4 Å². The normalized spacial score (nSPS) is 12.8. The van der Waals surface area contributed by atoms with Crippen molar-refractivity contribution in [2.45, 2.75) is 4.90 Å². The van der Waals surface area contributed by atoms with Gasteiger partial charge in [-0.2, -0.15) is 4.99 Å². The molecule has 124 valence electrons. The molecule has 0 aliphatic carbocycles. The van der Waals surface area contributed by atoms with Crippen LogP contribution in [0.25, 0.3) is 0 Å². The fraction of sp³-hybridized carbons (Fsp3) is 0.231. The second kappa shape index (κ2) is 6.93. The molecule has 1 amide bonds. The van der Waals surface area contributed by atoms with E-state index in [-0.39, 0.29) is 15.5 Å². The van der Waals surface area contributed by atoms with Gasteiger partial charge in [0.05, 0.1) is 12.1 Å². The molecule has 0 radical (unpaired) electrons. The van der Waals surface area contributed by atoms with Gasteiger partial charge in [-0.3, -0.25) is 9.63 Å². The predicted octanol–water partition coefficient (Wildman–Crippen LogP) is 1.66. The molecule has 0 saturated heterocycles. The second-order valence-electron chi connectivity index (χ2n) is 4.46. The number of halogens is 1. The molecule has 1 aromatic carbocycles. The van der Waals surface area contributed by atoms with Crippen molar-refractivity contribution in [2.75, 3.05) is 14.2 Å². The number of nitrogens with zero attached hydrogens (tertiary/aromatic N) is 3. The molecule has 0 bridgehead atoms. The molecule has 23 heavy (non-hydrogen) atoms. The molecule has 0 atom stereocenters. The Kier molecular flexibility index (Phi) is 5.37. The first-order valence-electron chi connectivity index (χ1n) is 6.29. The Morgan fingerprint density at radius 1 is 1.43 bits per heavy atom. The van der Waals surface area contributed by atoms with Gasteiger partial charge < -0.3 is 4.57 Å². The summed E-state index contributed by atoms with van der Waals surface area (Å²) >= 11 is 7.25. The zero-order chi connectivity index (χ0) is 17.2. The summed E-state index contributed by atoms with van der Waals surface area (Å²) in [4.78, 5) is 21.2. The summed E-state index contributed by atoms with van der Waals surface area (Å²) < 4.78 is 27.0. The molecule has 0 aliphatic rings. The Hall–Kier alpha value is -1.52. The van der Waals surface area contributed by atoms with Crippen molar-refractivity contribution in [2.24, 2.45) is 12.0 Å². The Bertz CT molecular complexity index is 902. The Balaban J connectivity index is 2.50. The average molecular weight is 376 g/mol. The lowest BCUT2D eigenvalue weighted by molar-refractivity contribution is -0.0258. The first kappa shape index (κ1) is 17.8. The first-order chi connectivity index (χ1) is 10.8. The van der Waals surface area contributed by atoms with Gasteiger partial charge in [-0.15, -0.1) is 11.3 Å². The fourth-order valence-electron chi connectivity index (χ4n) is 1.66. The summed E-state index contributed by atoms with van der Waals surface area (Å²) in [6, 6.07) is 3.95. The molecule has 0 spiro atoms. The van der Waals surface area contributed by atoms with E-state index in [4.69, 9.17) is 16.4 Å². The number of aromatic nitrogens is 1. The summed E-state index contributed by atoms with van der Waals surface area (Å²) in [5.41, 5.74) is 0.117. The minimum absolute atomic E-state index is 0.00729. The van der Waals surface area contributed by atoms with Gasteiger partial charge in [-0.1, -0.05) is 16.1 Å². The minimum Gasteiger partial charge on any atom is -0.327 e. The van der Waals surface area contributed by atoms with Crippen LogP contribution < -0.4 is 4.80 Å². The van der Waals surface area contributed by atoms with Gasteiger partial charge in [0.25, 0.3) is 15.9 Å². The summed E-state index contributed by atoms with van der Waals surface area (Å²) in [7, 11) is 0.242. The molecule has 10 heteroatoms. The number of benzene rings is 1. The highest BCUT2D eigenvalue weighted by Gasteiger charge is 2.25. The Morgan fingerprint density at radius 2 is 2.13 bits per heavy atom. The highest BCUT2D eigenvalue weighted by molar-refractivity contribution is 7.89. The van der Waals surface area contributed by atoms with Gasteiger partial charge in [-0.05, 0) is 18.2 Å². The number of hydroxylamine groups is 1. The number of sulfonamides is 1. The van der Waals surface area contributed by atoms with Crippen LogP contribution in [-0.4, -0.2) is 37.5 Å². The first-order valence-corrected chi connectivity index (χ1v) is 8.99. The van der Waals surface area contributed by atoms with Crippen molar-refractivity contribution in [1.29, 1.82) is 0 Å². The van der Waals surface area contributed by atoms with E-state index in [1.165, 1.54) is 43.7 Å². The largest absolute Gasteiger partial charge is 0.327 e. The van der Waals surface area contributed by atoms with Crippen LogP contribution in [0.5, 0.6) is 0 Å². The van der Waals surface area contributed by atoms with Gasteiger partial charge >= 0.3 is 0 Å². The van der Waals surface area contributed by atoms with Crippen LogP contribution in [0.2, 0.25) is 5.02 Å². The molecule has 0 unspecified atom stereocenters. The maximum atomic E-state index is 12.3. The molecule has 2 aromatic rings. The van der Waals surface area contributed by atoms with Gasteiger partial charge in [0.2, 0.25) is 0 Å². The number of amides is 1. The number of carbonyl (C=O) groups excluding carboxylic acids is 1. The molecular weight excluding hydrogens is 362 g/mol. The molecular formula is C13H14ClN3O4S2.